The Labute approximate surface area is 119 Å². The third kappa shape index (κ3) is 3.07. The molecule has 0 radical (unpaired) electrons. The Kier molecular flexibility index (Phi) is 3.54. The van der Waals surface area contributed by atoms with Gasteiger partial charge in [-0.3, -0.25) is 0 Å². The van der Waals surface area contributed by atoms with Gasteiger partial charge in [-0.05, 0) is 25.3 Å². The molecule has 0 bridgehead atoms. The second-order valence-electron chi connectivity index (χ2n) is 5.36. The lowest BCUT2D eigenvalue weighted by atomic mass is 10.1. The Bertz CT molecular complexity index is 588. The molecule has 2 N–H and O–H groups in total. The monoisotopic (exact) mass is 268 g/mol. The first-order chi connectivity index (χ1) is 9.74. The van der Waals surface area contributed by atoms with Gasteiger partial charge in [-0.2, -0.15) is 0 Å². The van der Waals surface area contributed by atoms with E-state index in [1.165, 1.54) is 24.0 Å². The van der Waals surface area contributed by atoms with Crippen molar-refractivity contribution in [1.29, 1.82) is 0 Å². The van der Waals surface area contributed by atoms with Gasteiger partial charge in [0.2, 0.25) is 0 Å². The minimum atomic E-state index is 0.559. The van der Waals surface area contributed by atoms with E-state index in [1.54, 1.807) is 0 Å². The van der Waals surface area contributed by atoms with Gasteiger partial charge in [-0.1, -0.05) is 29.8 Å². The molecule has 1 aromatic heterocycles. The van der Waals surface area contributed by atoms with Crippen LogP contribution < -0.4 is 10.6 Å². The van der Waals surface area contributed by atoms with Crippen molar-refractivity contribution in [1.82, 2.24) is 9.97 Å². The summed E-state index contributed by atoms with van der Waals surface area (Å²) in [5, 5.41) is 6.49. The number of nitrogens with zero attached hydrogens (tertiary/aromatic N) is 2. The van der Waals surface area contributed by atoms with Crippen molar-refractivity contribution in [3.63, 3.8) is 0 Å². The van der Waals surface area contributed by atoms with Crippen LogP contribution in [0.15, 0.2) is 30.3 Å². The Morgan fingerprint density at radius 1 is 1.10 bits per heavy atom. The van der Waals surface area contributed by atoms with Crippen LogP contribution in [0.1, 0.15) is 35.7 Å². The average molecular weight is 268 g/mol. The van der Waals surface area contributed by atoms with E-state index < -0.39 is 0 Å². The molecule has 104 valence electrons. The third-order valence-corrected chi connectivity index (χ3v) is 3.54. The normalized spacial score (nSPS) is 14.1. The van der Waals surface area contributed by atoms with Crippen molar-refractivity contribution in [2.45, 2.75) is 32.2 Å². The molecule has 1 saturated carbocycles. The SMILES string of the molecule is CNc1cc(NCc2ccc(C)cc2)nc(C2CC2)n1. The molecule has 1 fully saturated rings. The number of nitrogens with one attached hydrogen (secondary N) is 2. The van der Waals surface area contributed by atoms with Gasteiger partial charge in [0, 0.05) is 25.6 Å². The number of aromatic nitrogens is 2. The van der Waals surface area contributed by atoms with Gasteiger partial charge in [-0.15, -0.1) is 0 Å². The van der Waals surface area contributed by atoms with Crippen LogP contribution in [-0.4, -0.2) is 17.0 Å². The highest BCUT2D eigenvalue weighted by atomic mass is 15.1. The van der Waals surface area contributed by atoms with E-state index in [2.05, 4.69) is 51.8 Å². The fourth-order valence-corrected chi connectivity index (χ4v) is 2.11. The minimum Gasteiger partial charge on any atom is -0.373 e. The third-order valence-electron chi connectivity index (χ3n) is 3.54. The Morgan fingerprint density at radius 3 is 2.45 bits per heavy atom. The molecule has 1 heterocycles. The zero-order chi connectivity index (χ0) is 13.9. The van der Waals surface area contributed by atoms with Gasteiger partial charge in [0.1, 0.15) is 17.5 Å². The van der Waals surface area contributed by atoms with E-state index in [0.717, 1.165) is 24.0 Å². The Hall–Kier alpha value is -2.10. The summed E-state index contributed by atoms with van der Waals surface area (Å²) in [6.45, 7) is 2.88. The molecule has 4 nitrogen and oxygen atoms in total. The van der Waals surface area contributed by atoms with E-state index in [4.69, 9.17) is 0 Å². The maximum absolute atomic E-state index is 4.61. The summed E-state index contributed by atoms with van der Waals surface area (Å²) in [6, 6.07) is 10.5. The molecule has 2 aromatic rings. The molecule has 20 heavy (non-hydrogen) atoms. The standard InChI is InChI=1S/C16H20N4/c1-11-3-5-12(6-4-11)10-18-15-9-14(17-2)19-16(20-15)13-7-8-13/h3-6,9,13H,7-8,10H2,1-2H3,(H2,17,18,19,20). The predicted octanol–water partition coefficient (Wildman–Crippen LogP) is 3.32. The maximum atomic E-state index is 4.61. The van der Waals surface area contributed by atoms with E-state index >= 15 is 0 Å². The number of benzene rings is 1. The molecule has 0 spiro atoms. The van der Waals surface area contributed by atoms with Gasteiger partial charge < -0.3 is 10.6 Å². The van der Waals surface area contributed by atoms with Gasteiger partial charge >= 0.3 is 0 Å². The van der Waals surface area contributed by atoms with Crippen LogP contribution >= 0.6 is 0 Å². The van der Waals surface area contributed by atoms with Crippen molar-refractivity contribution < 1.29 is 0 Å². The van der Waals surface area contributed by atoms with E-state index in [9.17, 15) is 0 Å². The number of hydrogen-bond acceptors (Lipinski definition) is 4. The van der Waals surface area contributed by atoms with Gasteiger partial charge in [0.05, 0.1) is 0 Å². The zero-order valence-electron chi connectivity index (χ0n) is 12.0. The van der Waals surface area contributed by atoms with Crippen LogP contribution in [0.4, 0.5) is 11.6 Å². The number of aryl methyl sites for hydroxylation is 1. The molecular weight excluding hydrogens is 248 g/mol. The highest BCUT2D eigenvalue weighted by molar-refractivity contribution is 5.48. The van der Waals surface area contributed by atoms with Crippen LogP contribution in [0.3, 0.4) is 0 Å². The summed E-state index contributed by atoms with van der Waals surface area (Å²) in [5.41, 5.74) is 2.54. The second-order valence-corrected chi connectivity index (χ2v) is 5.36. The number of rotatable bonds is 5. The first kappa shape index (κ1) is 12.9. The van der Waals surface area contributed by atoms with Gasteiger partial charge in [0.15, 0.2) is 0 Å². The molecule has 0 amide bonds. The van der Waals surface area contributed by atoms with Crippen LogP contribution in [0.2, 0.25) is 0 Å². The molecule has 0 atom stereocenters. The summed E-state index contributed by atoms with van der Waals surface area (Å²) >= 11 is 0. The molecule has 4 heteroatoms. The molecule has 0 saturated heterocycles. The van der Waals surface area contributed by atoms with Crippen molar-refractivity contribution in [2.24, 2.45) is 0 Å². The minimum absolute atomic E-state index is 0.559. The molecule has 3 rings (SSSR count). The zero-order valence-corrected chi connectivity index (χ0v) is 12.0. The van der Waals surface area contributed by atoms with Crippen molar-refractivity contribution in [2.75, 3.05) is 17.7 Å². The highest BCUT2D eigenvalue weighted by Gasteiger charge is 2.27. The van der Waals surface area contributed by atoms with Gasteiger partial charge in [0.25, 0.3) is 0 Å². The van der Waals surface area contributed by atoms with Crippen molar-refractivity contribution in [3.8, 4) is 0 Å². The first-order valence-corrected chi connectivity index (χ1v) is 7.11. The Morgan fingerprint density at radius 2 is 1.80 bits per heavy atom. The maximum Gasteiger partial charge on any atom is 0.136 e. The predicted molar refractivity (Wildman–Crippen MR) is 82.1 cm³/mol. The van der Waals surface area contributed by atoms with Crippen LogP contribution in [0.25, 0.3) is 0 Å². The lowest BCUT2D eigenvalue weighted by Gasteiger charge is -2.10. The van der Waals surface area contributed by atoms with E-state index in [0.29, 0.717) is 5.92 Å². The molecular formula is C16H20N4. The van der Waals surface area contributed by atoms with E-state index in [-0.39, 0.29) is 0 Å². The highest BCUT2D eigenvalue weighted by Crippen LogP contribution is 2.38. The lowest BCUT2D eigenvalue weighted by Crippen LogP contribution is -2.06. The number of anilines is 2. The molecule has 1 aromatic carbocycles. The second kappa shape index (κ2) is 5.49. The molecule has 1 aliphatic rings. The Balaban J connectivity index is 1.72. The van der Waals surface area contributed by atoms with Crippen LogP contribution in [-0.2, 0) is 6.54 Å². The summed E-state index contributed by atoms with van der Waals surface area (Å²) in [4.78, 5) is 9.13. The molecule has 0 aliphatic heterocycles. The molecule has 1 aliphatic carbocycles. The van der Waals surface area contributed by atoms with Crippen LogP contribution in [0.5, 0.6) is 0 Å². The van der Waals surface area contributed by atoms with Crippen molar-refractivity contribution in [3.05, 3.63) is 47.3 Å². The van der Waals surface area contributed by atoms with Gasteiger partial charge in [-0.25, -0.2) is 9.97 Å². The summed E-state index contributed by atoms with van der Waals surface area (Å²) in [7, 11) is 1.89. The summed E-state index contributed by atoms with van der Waals surface area (Å²) in [6.07, 6.45) is 2.43. The quantitative estimate of drug-likeness (QED) is 0.873. The first-order valence-electron chi connectivity index (χ1n) is 7.11. The van der Waals surface area contributed by atoms with Crippen molar-refractivity contribution >= 4 is 11.6 Å². The largest absolute Gasteiger partial charge is 0.373 e. The smallest absolute Gasteiger partial charge is 0.136 e. The summed E-state index contributed by atoms with van der Waals surface area (Å²) in [5.74, 6) is 3.30. The fourth-order valence-electron chi connectivity index (χ4n) is 2.11. The van der Waals surface area contributed by atoms with E-state index in [1.807, 2.05) is 13.1 Å². The number of hydrogen-bond donors (Lipinski definition) is 2. The van der Waals surface area contributed by atoms with Crippen LogP contribution in [0, 0.1) is 6.92 Å². The molecule has 0 unspecified atom stereocenters. The fraction of sp³-hybridized carbons (Fsp3) is 0.375. The summed E-state index contributed by atoms with van der Waals surface area (Å²) < 4.78 is 0. The topological polar surface area (TPSA) is 49.8 Å². The average Bonchev–Trinajstić information content (AvgIpc) is 3.31. The lowest BCUT2D eigenvalue weighted by molar-refractivity contribution is 0.923.